The Balaban J connectivity index is 2.74. The molecule has 1 saturated carbocycles. The van der Waals surface area contributed by atoms with Gasteiger partial charge in [0.25, 0.3) is 0 Å². The van der Waals surface area contributed by atoms with Crippen LogP contribution in [-0.2, 0) is 0 Å². The number of likely N-dealkylation sites (N-methyl/N-ethyl adjacent to an activating group) is 1. The normalized spacial score (nSPS) is 33.4. The first kappa shape index (κ1) is 13.0. The molecule has 1 fully saturated rings. The average Bonchev–Trinajstić information content (AvgIpc) is 2.40. The van der Waals surface area contributed by atoms with Gasteiger partial charge in [-0.25, -0.2) is 0 Å². The van der Waals surface area contributed by atoms with Gasteiger partial charge in [-0.05, 0) is 46.1 Å². The number of rotatable bonds is 3. The summed E-state index contributed by atoms with van der Waals surface area (Å²) in [5.41, 5.74) is 6.33. The highest BCUT2D eigenvalue weighted by Gasteiger charge is 2.35. The van der Waals surface area contributed by atoms with Crippen molar-refractivity contribution >= 4 is 0 Å². The Morgan fingerprint density at radius 2 is 2.00 bits per heavy atom. The second kappa shape index (κ2) is 5.31. The quantitative estimate of drug-likeness (QED) is 0.729. The third-order valence-electron chi connectivity index (χ3n) is 4.34. The first-order chi connectivity index (χ1) is 7.02. The minimum Gasteiger partial charge on any atom is -0.329 e. The zero-order valence-corrected chi connectivity index (χ0v) is 10.9. The van der Waals surface area contributed by atoms with Gasteiger partial charge in [0.1, 0.15) is 0 Å². The van der Waals surface area contributed by atoms with E-state index in [2.05, 4.69) is 32.7 Å². The van der Waals surface area contributed by atoms with E-state index in [-0.39, 0.29) is 5.54 Å². The molecule has 0 bridgehead atoms. The lowest BCUT2D eigenvalue weighted by Crippen LogP contribution is -2.54. The first-order valence-corrected chi connectivity index (χ1v) is 6.45. The van der Waals surface area contributed by atoms with Crippen molar-refractivity contribution in [3.8, 4) is 0 Å². The van der Waals surface area contributed by atoms with Crippen molar-refractivity contribution < 1.29 is 0 Å². The van der Waals surface area contributed by atoms with Gasteiger partial charge in [0.2, 0.25) is 0 Å². The van der Waals surface area contributed by atoms with Gasteiger partial charge < -0.3 is 5.73 Å². The van der Waals surface area contributed by atoms with E-state index < -0.39 is 0 Å². The third-order valence-corrected chi connectivity index (χ3v) is 4.34. The molecule has 2 unspecified atom stereocenters. The second-order valence-corrected chi connectivity index (χ2v) is 5.67. The summed E-state index contributed by atoms with van der Waals surface area (Å²) in [6, 6.07) is 0.599. The van der Waals surface area contributed by atoms with E-state index in [4.69, 9.17) is 5.73 Å². The summed E-state index contributed by atoms with van der Waals surface area (Å²) in [7, 11) is 2.24. The molecule has 0 heterocycles. The van der Waals surface area contributed by atoms with Crippen molar-refractivity contribution in [3.05, 3.63) is 0 Å². The first-order valence-electron chi connectivity index (χ1n) is 6.45. The van der Waals surface area contributed by atoms with Crippen LogP contribution in [0.3, 0.4) is 0 Å². The highest BCUT2D eigenvalue weighted by Crippen LogP contribution is 2.34. The maximum absolute atomic E-state index is 6.05. The summed E-state index contributed by atoms with van der Waals surface area (Å²) >= 11 is 0. The number of hydrogen-bond acceptors (Lipinski definition) is 2. The summed E-state index contributed by atoms with van der Waals surface area (Å²) < 4.78 is 0. The van der Waals surface area contributed by atoms with Crippen molar-refractivity contribution in [2.45, 2.75) is 64.5 Å². The van der Waals surface area contributed by atoms with Crippen LogP contribution in [0.2, 0.25) is 0 Å². The van der Waals surface area contributed by atoms with Gasteiger partial charge in [0, 0.05) is 18.1 Å². The second-order valence-electron chi connectivity index (χ2n) is 5.67. The van der Waals surface area contributed by atoms with E-state index >= 15 is 0 Å². The largest absolute Gasteiger partial charge is 0.329 e. The van der Waals surface area contributed by atoms with Gasteiger partial charge in [-0.1, -0.05) is 19.8 Å². The fraction of sp³-hybridized carbons (Fsp3) is 1.00. The lowest BCUT2D eigenvalue weighted by Gasteiger charge is -2.43. The standard InChI is InChI=1S/C13H28N2/c1-11(2)15(4)13(10-14)8-5-6-12(3)7-9-13/h11-12H,5-10,14H2,1-4H3. The highest BCUT2D eigenvalue weighted by atomic mass is 15.2. The highest BCUT2D eigenvalue weighted by molar-refractivity contribution is 4.93. The summed E-state index contributed by atoms with van der Waals surface area (Å²) in [5, 5.41) is 0. The van der Waals surface area contributed by atoms with E-state index in [1.54, 1.807) is 0 Å². The van der Waals surface area contributed by atoms with Crippen LogP contribution in [0, 0.1) is 5.92 Å². The van der Waals surface area contributed by atoms with E-state index in [0.29, 0.717) is 6.04 Å². The van der Waals surface area contributed by atoms with E-state index in [1.807, 2.05) is 0 Å². The van der Waals surface area contributed by atoms with Crippen molar-refractivity contribution in [1.29, 1.82) is 0 Å². The lowest BCUT2D eigenvalue weighted by molar-refractivity contribution is 0.0759. The van der Waals surface area contributed by atoms with E-state index in [9.17, 15) is 0 Å². The minimum atomic E-state index is 0.277. The number of nitrogens with two attached hydrogens (primary N) is 1. The van der Waals surface area contributed by atoms with Crippen LogP contribution in [0.4, 0.5) is 0 Å². The molecule has 2 N–H and O–H groups in total. The van der Waals surface area contributed by atoms with Crippen LogP contribution in [0.25, 0.3) is 0 Å². The maximum atomic E-state index is 6.05. The molecular formula is C13H28N2. The molecule has 2 heteroatoms. The van der Waals surface area contributed by atoms with Gasteiger partial charge in [-0.2, -0.15) is 0 Å². The Bertz CT molecular complexity index is 191. The van der Waals surface area contributed by atoms with Crippen LogP contribution >= 0.6 is 0 Å². The predicted octanol–water partition coefficient (Wildman–Crippen LogP) is 2.62. The lowest BCUT2D eigenvalue weighted by atomic mass is 9.87. The molecule has 0 spiro atoms. The summed E-state index contributed by atoms with van der Waals surface area (Å²) in [5.74, 6) is 0.888. The van der Waals surface area contributed by atoms with Gasteiger partial charge in [-0.3, -0.25) is 4.90 Å². The Labute approximate surface area is 95.2 Å². The zero-order valence-electron chi connectivity index (χ0n) is 10.9. The molecule has 90 valence electrons. The average molecular weight is 212 g/mol. The topological polar surface area (TPSA) is 29.3 Å². The number of nitrogens with zero attached hydrogens (tertiary/aromatic N) is 1. The minimum absolute atomic E-state index is 0.277. The van der Waals surface area contributed by atoms with Crippen LogP contribution < -0.4 is 5.73 Å². The van der Waals surface area contributed by atoms with Crippen molar-refractivity contribution in [1.82, 2.24) is 4.90 Å². The Morgan fingerprint density at radius 1 is 1.33 bits per heavy atom. The molecule has 0 saturated heterocycles. The fourth-order valence-electron chi connectivity index (χ4n) is 2.81. The molecule has 1 rings (SSSR count). The SMILES string of the molecule is CC1CCCC(CN)(N(C)C(C)C)CC1. The molecule has 0 aromatic heterocycles. The molecular weight excluding hydrogens is 184 g/mol. The zero-order chi connectivity index (χ0) is 11.5. The molecule has 2 nitrogen and oxygen atoms in total. The monoisotopic (exact) mass is 212 g/mol. The summed E-state index contributed by atoms with van der Waals surface area (Å²) in [6.07, 6.45) is 6.62. The number of hydrogen-bond donors (Lipinski definition) is 1. The van der Waals surface area contributed by atoms with Crippen LogP contribution in [0.15, 0.2) is 0 Å². The molecule has 0 aromatic rings. The molecule has 2 atom stereocenters. The molecule has 0 radical (unpaired) electrons. The Kier molecular flexibility index (Phi) is 4.60. The Morgan fingerprint density at radius 3 is 2.53 bits per heavy atom. The molecule has 15 heavy (non-hydrogen) atoms. The molecule has 1 aliphatic carbocycles. The van der Waals surface area contributed by atoms with Crippen molar-refractivity contribution in [2.75, 3.05) is 13.6 Å². The predicted molar refractivity (Wildman–Crippen MR) is 66.9 cm³/mol. The fourth-order valence-corrected chi connectivity index (χ4v) is 2.81. The molecule has 0 aromatic carbocycles. The van der Waals surface area contributed by atoms with Gasteiger partial charge in [0.05, 0.1) is 0 Å². The third kappa shape index (κ3) is 2.94. The van der Waals surface area contributed by atoms with Gasteiger partial charge in [-0.15, -0.1) is 0 Å². The molecule has 1 aliphatic rings. The maximum Gasteiger partial charge on any atom is 0.0331 e. The Hall–Kier alpha value is -0.0800. The van der Waals surface area contributed by atoms with Crippen molar-refractivity contribution in [2.24, 2.45) is 11.7 Å². The van der Waals surface area contributed by atoms with Crippen LogP contribution in [0.1, 0.15) is 52.9 Å². The summed E-state index contributed by atoms with van der Waals surface area (Å²) in [4.78, 5) is 2.50. The van der Waals surface area contributed by atoms with Gasteiger partial charge >= 0.3 is 0 Å². The molecule has 0 aliphatic heterocycles. The van der Waals surface area contributed by atoms with Crippen LogP contribution in [0.5, 0.6) is 0 Å². The van der Waals surface area contributed by atoms with Crippen molar-refractivity contribution in [3.63, 3.8) is 0 Å². The van der Waals surface area contributed by atoms with E-state index in [1.165, 1.54) is 32.1 Å². The van der Waals surface area contributed by atoms with Gasteiger partial charge in [0.15, 0.2) is 0 Å². The smallest absolute Gasteiger partial charge is 0.0331 e. The summed E-state index contributed by atoms with van der Waals surface area (Å²) in [6.45, 7) is 7.73. The molecule has 0 amide bonds. The van der Waals surface area contributed by atoms with E-state index in [0.717, 1.165) is 12.5 Å². The van der Waals surface area contributed by atoms with Crippen LogP contribution in [-0.4, -0.2) is 30.1 Å².